The van der Waals surface area contributed by atoms with Gasteiger partial charge >= 0.3 is 11.9 Å². The largest absolute Gasteiger partial charge is 0.508 e. The molecule has 2 aliphatic heterocycles. The molecule has 0 bridgehead atoms. The molecule has 4 amide bonds. The van der Waals surface area contributed by atoms with Gasteiger partial charge in [-0.3, -0.25) is 24.1 Å². The maximum absolute atomic E-state index is 12.9. The van der Waals surface area contributed by atoms with Gasteiger partial charge in [0.05, 0.1) is 5.56 Å². The van der Waals surface area contributed by atoms with E-state index in [1.54, 1.807) is 73.7 Å². The van der Waals surface area contributed by atoms with Crippen molar-refractivity contribution in [3.63, 3.8) is 0 Å². The van der Waals surface area contributed by atoms with Crippen LogP contribution in [-0.4, -0.2) is 79.0 Å². The molecule has 0 radical (unpaired) electrons. The number of fused-ring (bicyclic) bond motifs is 1. The molecule has 4 atom stereocenters. The van der Waals surface area contributed by atoms with Crippen LogP contribution in [0.15, 0.2) is 120 Å². The lowest BCUT2D eigenvalue weighted by molar-refractivity contribution is -0.150. The molecule has 8 N–H and O–H groups in total. The highest BCUT2D eigenvalue weighted by Gasteiger charge is 2.54. The van der Waals surface area contributed by atoms with E-state index in [0.29, 0.717) is 28.1 Å². The summed E-state index contributed by atoms with van der Waals surface area (Å²) in [5, 5.41) is 35.4. The number of rotatable bonds is 11. The highest BCUT2D eigenvalue weighted by Crippen LogP contribution is 2.40. The van der Waals surface area contributed by atoms with Crippen molar-refractivity contribution >= 4 is 53.0 Å². The molecule has 0 aliphatic carbocycles. The number of benzene rings is 4. The molecule has 0 unspecified atom stereocenters. The fourth-order valence-corrected chi connectivity index (χ4v) is 6.96. The normalized spacial score (nSPS) is 17.0. The molecular weight excluding hydrogens is 715 g/mol. The Morgan fingerprint density at radius 1 is 0.815 bits per heavy atom. The Morgan fingerprint density at radius 3 is 2.02 bits per heavy atom. The van der Waals surface area contributed by atoms with Gasteiger partial charge in [-0.15, -0.1) is 11.8 Å². The first-order chi connectivity index (χ1) is 25.8. The highest BCUT2D eigenvalue weighted by molar-refractivity contribution is 8.00. The summed E-state index contributed by atoms with van der Waals surface area (Å²) in [6.07, 6.45) is 0.206. The number of aromatic carboxylic acids is 1. The van der Waals surface area contributed by atoms with Crippen molar-refractivity contribution in [2.24, 2.45) is 5.73 Å². The number of hydrogen-bond donors (Lipinski definition) is 7. The molecule has 278 valence electrons. The summed E-state index contributed by atoms with van der Waals surface area (Å²) < 4.78 is 0. The Kier molecular flexibility index (Phi) is 12.5. The van der Waals surface area contributed by atoms with Crippen LogP contribution in [0.1, 0.15) is 44.8 Å². The number of carbonyl (C=O) groups excluding carboxylic acids is 4. The van der Waals surface area contributed by atoms with Crippen molar-refractivity contribution in [2.75, 3.05) is 11.1 Å². The molecule has 14 nitrogen and oxygen atoms in total. The molecule has 4 aromatic rings. The zero-order chi connectivity index (χ0) is 38.9. The van der Waals surface area contributed by atoms with E-state index in [4.69, 9.17) is 10.8 Å². The number of phenolic OH excluding ortho intramolecular Hbond substituents is 1. The number of thioether (sulfide) groups is 1. The van der Waals surface area contributed by atoms with E-state index in [1.165, 1.54) is 53.1 Å². The highest BCUT2D eigenvalue weighted by atomic mass is 32.2. The van der Waals surface area contributed by atoms with E-state index in [2.05, 4.69) is 16.0 Å². The second-order valence-electron chi connectivity index (χ2n) is 12.4. The molecule has 6 rings (SSSR count). The van der Waals surface area contributed by atoms with Gasteiger partial charge in [0, 0.05) is 23.4 Å². The first kappa shape index (κ1) is 38.8. The Hall–Kier alpha value is -6.45. The lowest BCUT2D eigenvalue weighted by Crippen LogP contribution is -2.71. The van der Waals surface area contributed by atoms with E-state index in [9.17, 15) is 39.0 Å². The van der Waals surface area contributed by atoms with Crippen LogP contribution in [0.4, 0.5) is 5.69 Å². The van der Waals surface area contributed by atoms with Crippen molar-refractivity contribution < 1.29 is 44.1 Å². The number of amides is 4. The quantitative estimate of drug-likeness (QED) is 0.110. The van der Waals surface area contributed by atoms with Crippen LogP contribution in [0, 0.1) is 0 Å². The average Bonchev–Trinajstić information content (AvgIpc) is 3.18. The smallest absolute Gasteiger partial charge is 0.352 e. The van der Waals surface area contributed by atoms with Crippen LogP contribution in [0.25, 0.3) is 0 Å². The Balaban J connectivity index is 0.000000213. The van der Waals surface area contributed by atoms with Gasteiger partial charge in [0.2, 0.25) is 11.8 Å². The number of nitrogens with zero attached hydrogens (tertiary/aromatic N) is 1. The number of nitrogens with two attached hydrogens (primary N) is 1. The first-order valence-corrected chi connectivity index (χ1v) is 17.7. The number of carboxylic acids is 2. The van der Waals surface area contributed by atoms with E-state index in [1.807, 2.05) is 6.07 Å². The number of nitrogens with one attached hydrogen (secondary N) is 3. The molecule has 0 saturated carbocycles. The zero-order valence-corrected chi connectivity index (χ0v) is 29.7. The van der Waals surface area contributed by atoms with Crippen molar-refractivity contribution in [1.82, 2.24) is 15.5 Å². The Morgan fingerprint density at radius 2 is 1.43 bits per heavy atom. The van der Waals surface area contributed by atoms with Gasteiger partial charge in [-0.05, 0) is 72.2 Å². The molecule has 1 saturated heterocycles. The monoisotopic (exact) mass is 751 g/mol. The van der Waals surface area contributed by atoms with Gasteiger partial charge in [-0.1, -0.05) is 60.7 Å². The van der Waals surface area contributed by atoms with Crippen molar-refractivity contribution in [3.8, 4) is 5.75 Å². The molecule has 2 aliphatic rings. The maximum atomic E-state index is 12.9. The van der Waals surface area contributed by atoms with E-state index in [0.717, 1.165) is 5.56 Å². The van der Waals surface area contributed by atoms with Crippen LogP contribution in [0.3, 0.4) is 0 Å². The van der Waals surface area contributed by atoms with Gasteiger partial charge in [0.15, 0.2) is 0 Å². The summed E-state index contributed by atoms with van der Waals surface area (Å²) >= 11 is 1.43. The van der Waals surface area contributed by atoms with Gasteiger partial charge in [-0.25, -0.2) is 9.59 Å². The third-order valence-corrected chi connectivity index (χ3v) is 9.96. The summed E-state index contributed by atoms with van der Waals surface area (Å²) in [5.74, 6) is -3.30. The summed E-state index contributed by atoms with van der Waals surface area (Å²) in [6, 6.07) is 27.0. The third kappa shape index (κ3) is 9.31. The van der Waals surface area contributed by atoms with Gasteiger partial charge in [-0.2, -0.15) is 0 Å². The van der Waals surface area contributed by atoms with Crippen LogP contribution >= 0.6 is 11.8 Å². The van der Waals surface area contributed by atoms with E-state index in [-0.39, 0.29) is 23.4 Å². The van der Waals surface area contributed by atoms with Crippen LogP contribution in [0.2, 0.25) is 0 Å². The maximum Gasteiger partial charge on any atom is 0.352 e. The molecule has 54 heavy (non-hydrogen) atoms. The number of aliphatic carboxylic acids is 1. The summed E-state index contributed by atoms with van der Waals surface area (Å²) in [6.45, 7) is 1.69. The molecule has 15 heteroatoms. The van der Waals surface area contributed by atoms with Crippen LogP contribution in [0.5, 0.6) is 5.75 Å². The lowest BCUT2D eigenvalue weighted by atomic mass is 10.0. The summed E-state index contributed by atoms with van der Waals surface area (Å²) in [4.78, 5) is 73.6. The lowest BCUT2D eigenvalue weighted by Gasteiger charge is -2.49. The molecular formula is C39H37N5O9S. The zero-order valence-electron chi connectivity index (χ0n) is 28.8. The SMILES string of the molecule is CC1=C(C(=O)O)N2C(=O)[C@@H](NC(=O)[C@H](N)c3ccccc3)[C@H]2SC1.O=C(O)c1ccc(NC(=O)[C@H](Cc2ccc(O)cc2)NC(=O)c2ccccc2)cc1. The van der Waals surface area contributed by atoms with Gasteiger partial charge in [0.1, 0.15) is 34.9 Å². The van der Waals surface area contributed by atoms with Gasteiger partial charge in [0.25, 0.3) is 11.8 Å². The number of β-lactam (4-membered cyclic amide) rings is 1. The fraction of sp³-hybridized carbons (Fsp3) is 0.179. The Bertz CT molecular complexity index is 2060. The second-order valence-corrected chi connectivity index (χ2v) is 13.5. The number of aromatic hydroxyl groups is 1. The number of carbonyl (C=O) groups is 6. The summed E-state index contributed by atoms with van der Waals surface area (Å²) in [7, 11) is 0. The fourth-order valence-electron chi connectivity index (χ4n) is 5.66. The second kappa shape index (κ2) is 17.4. The van der Waals surface area contributed by atoms with E-state index < -0.39 is 59.1 Å². The van der Waals surface area contributed by atoms with Gasteiger partial charge < -0.3 is 37.0 Å². The molecule has 0 spiro atoms. The number of hydrogen-bond acceptors (Lipinski definition) is 9. The van der Waals surface area contributed by atoms with Crippen molar-refractivity contribution in [1.29, 1.82) is 0 Å². The molecule has 1 fully saturated rings. The topological polar surface area (TPSA) is 228 Å². The Labute approximate surface area is 314 Å². The van der Waals surface area contributed by atoms with Crippen molar-refractivity contribution in [3.05, 3.63) is 143 Å². The predicted molar refractivity (Wildman–Crippen MR) is 200 cm³/mol. The minimum atomic E-state index is -1.13. The van der Waals surface area contributed by atoms with Crippen LogP contribution in [-0.2, 0) is 25.6 Å². The van der Waals surface area contributed by atoms with Crippen molar-refractivity contribution in [2.45, 2.75) is 36.8 Å². The molecule has 0 aromatic heterocycles. The number of carboxylic acid groups (broad SMARTS) is 2. The average molecular weight is 752 g/mol. The third-order valence-electron chi connectivity index (χ3n) is 8.53. The van der Waals surface area contributed by atoms with Crippen LogP contribution < -0.4 is 21.7 Å². The minimum absolute atomic E-state index is 0.0154. The molecule has 4 aromatic carbocycles. The number of anilines is 1. The summed E-state index contributed by atoms with van der Waals surface area (Å²) in [5.41, 5.74) is 8.93. The predicted octanol–water partition coefficient (Wildman–Crippen LogP) is 3.52. The first-order valence-electron chi connectivity index (χ1n) is 16.6. The number of phenols is 1. The van der Waals surface area contributed by atoms with E-state index >= 15 is 0 Å². The molecule has 2 heterocycles. The standard InChI is InChI=1S/C23H20N2O5.C16H17N3O4S/c26-19-12-6-15(7-13-19)14-20(25-21(27)16-4-2-1-3-5-16)22(28)24-18-10-8-17(9-11-18)23(29)30;1-8-7-24-15-11(14(21)19(15)12(8)16(22)23)18-13(20)10(17)9-5-3-2-4-6-9/h1-13,20,26H,14H2,(H,24,28)(H,25,27)(H,29,30);2-6,10-11,15H,7,17H2,1H3,(H,18,20)(H,22,23)/t20-;10-,11-,15-/m01/s1. The minimum Gasteiger partial charge on any atom is -0.508 e.